The molecule has 3 aliphatic carbocycles. The summed E-state index contributed by atoms with van der Waals surface area (Å²) in [6.45, 7) is 11.7. The van der Waals surface area contributed by atoms with Gasteiger partial charge >= 0.3 is 17.9 Å². The number of hydrogen-bond donors (Lipinski definition) is 0. The zero-order valence-corrected chi connectivity index (χ0v) is 24.0. The molecule has 0 aromatic carbocycles. The highest BCUT2D eigenvalue weighted by molar-refractivity contribution is 5.92. The van der Waals surface area contributed by atoms with Gasteiger partial charge < -0.3 is 18.6 Å². The van der Waals surface area contributed by atoms with Crippen LogP contribution in [-0.2, 0) is 33.4 Å². The van der Waals surface area contributed by atoms with Crippen molar-refractivity contribution in [1.82, 2.24) is 0 Å². The van der Waals surface area contributed by atoms with Crippen molar-refractivity contribution in [3.05, 3.63) is 35.3 Å². The van der Waals surface area contributed by atoms with Crippen molar-refractivity contribution in [2.75, 3.05) is 7.11 Å². The van der Waals surface area contributed by atoms with Crippen LogP contribution in [0.4, 0.5) is 0 Å². The third kappa shape index (κ3) is 4.00. The first-order chi connectivity index (χ1) is 18.3. The number of hydrogen-bond acceptors (Lipinski definition) is 8. The van der Waals surface area contributed by atoms with E-state index >= 15 is 0 Å². The molecule has 8 heteroatoms. The van der Waals surface area contributed by atoms with Crippen molar-refractivity contribution in [3.8, 4) is 0 Å². The van der Waals surface area contributed by atoms with Gasteiger partial charge in [0.05, 0.1) is 37.9 Å². The maximum Gasteiger partial charge on any atom is 0.310 e. The van der Waals surface area contributed by atoms with E-state index in [-0.39, 0.29) is 42.4 Å². The summed E-state index contributed by atoms with van der Waals surface area (Å²) in [7, 11) is 1.35. The number of cyclic esters (lactones) is 1. The van der Waals surface area contributed by atoms with Gasteiger partial charge in [-0.05, 0) is 42.7 Å². The van der Waals surface area contributed by atoms with Gasteiger partial charge in [-0.3, -0.25) is 19.2 Å². The predicted octanol–water partition coefficient (Wildman–Crippen LogP) is 5.36. The van der Waals surface area contributed by atoms with E-state index in [2.05, 4.69) is 6.92 Å². The fraction of sp³-hybridized carbons (Fsp3) is 0.677. The molecule has 5 rings (SSSR count). The van der Waals surface area contributed by atoms with Crippen LogP contribution in [0.15, 0.2) is 34.2 Å². The first-order valence-corrected chi connectivity index (χ1v) is 14.0. The minimum Gasteiger partial charge on any atom is -0.472 e. The van der Waals surface area contributed by atoms with E-state index in [0.29, 0.717) is 6.42 Å². The van der Waals surface area contributed by atoms with Crippen LogP contribution in [0.25, 0.3) is 0 Å². The van der Waals surface area contributed by atoms with Gasteiger partial charge in [-0.2, -0.15) is 0 Å². The van der Waals surface area contributed by atoms with Crippen LogP contribution in [-0.4, -0.2) is 36.9 Å². The highest BCUT2D eigenvalue weighted by atomic mass is 16.6. The number of carbonyl (C=O) groups excluding carboxylic acids is 4. The van der Waals surface area contributed by atoms with Gasteiger partial charge in [-0.15, -0.1) is 0 Å². The molecule has 1 aromatic heterocycles. The topological polar surface area (TPSA) is 109 Å². The molecule has 0 unspecified atom stereocenters. The van der Waals surface area contributed by atoms with E-state index in [1.165, 1.54) is 7.11 Å². The summed E-state index contributed by atoms with van der Waals surface area (Å²) >= 11 is 0. The quantitative estimate of drug-likeness (QED) is 0.279. The van der Waals surface area contributed by atoms with Crippen LogP contribution in [0.3, 0.4) is 0 Å². The summed E-state index contributed by atoms with van der Waals surface area (Å²) in [5.41, 5.74) is 0.943. The van der Waals surface area contributed by atoms with Crippen molar-refractivity contribution in [2.45, 2.75) is 85.9 Å². The second-order valence-electron chi connectivity index (χ2n) is 13.2. The largest absolute Gasteiger partial charge is 0.472 e. The Kier molecular flexibility index (Phi) is 6.62. The Morgan fingerprint density at radius 1 is 1.15 bits per heavy atom. The molecule has 0 amide bonds. The molecule has 1 aliphatic heterocycles. The zero-order valence-electron chi connectivity index (χ0n) is 24.0. The fourth-order valence-corrected chi connectivity index (χ4v) is 8.46. The molecule has 2 saturated carbocycles. The van der Waals surface area contributed by atoms with E-state index in [1.807, 2.05) is 26.8 Å². The number of esters is 3. The number of methoxy groups -OCH3 is 1. The molecule has 1 saturated heterocycles. The molecule has 39 heavy (non-hydrogen) atoms. The molecule has 7 atom stereocenters. The number of allylic oxidation sites excluding steroid dienone is 1. The monoisotopic (exact) mass is 540 g/mol. The van der Waals surface area contributed by atoms with E-state index < -0.39 is 46.3 Å². The van der Waals surface area contributed by atoms with E-state index in [1.54, 1.807) is 26.4 Å². The van der Waals surface area contributed by atoms with Crippen molar-refractivity contribution in [2.24, 2.45) is 39.9 Å². The Bertz CT molecular complexity index is 1220. The SMILES string of the molecule is COC(=O)C[C@@H]1C(C)(C)[C@@H](OC(=O)C(C)C)[C@@H]2CC3=C4CC(=O)O[C@H](c5ccoc5)[C@@]4(C)CC[C@H]3[C@@]1(C)C2=O. The summed E-state index contributed by atoms with van der Waals surface area (Å²) < 4.78 is 22.5. The molecule has 3 fully saturated rings. The standard InChI is InChI=1S/C31H40O8/c1-16(2)28(35)39-27-19-12-18-20(31(6,25(19)34)22(29(27,3)4)14-23(32)36-7)8-10-30(5)21(18)13-24(33)38-26(30)17-9-11-37-15-17/h9,11,15-16,19-20,22,26-27H,8,10,12-14H2,1-7H3/t19-,20-,22-,26-,27+,30+,31-/m1/s1. The molecule has 2 heterocycles. The number of ether oxygens (including phenoxy) is 3. The van der Waals surface area contributed by atoms with Crippen LogP contribution in [0.2, 0.25) is 0 Å². The first-order valence-electron chi connectivity index (χ1n) is 14.0. The number of rotatable bonds is 5. The van der Waals surface area contributed by atoms with Gasteiger partial charge in [0.2, 0.25) is 0 Å². The van der Waals surface area contributed by atoms with Gasteiger partial charge in [0, 0.05) is 28.2 Å². The van der Waals surface area contributed by atoms with Crippen molar-refractivity contribution in [3.63, 3.8) is 0 Å². The molecule has 2 bridgehead atoms. The van der Waals surface area contributed by atoms with Gasteiger partial charge in [-0.25, -0.2) is 0 Å². The molecule has 0 spiro atoms. The van der Waals surface area contributed by atoms with Crippen molar-refractivity contribution in [1.29, 1.82) is 0 Å². The fourth-order valence-electron chi connectivity index (χ4n) is 8.46. The minimum absolute atomic E-state index is 0.0417. The number of fused-ring (bicyclic) bond motifs is 5. The zero-order chi connectivity index (χ0) is 28.5. The molecule has 8 nitrogen and oxygen atoms in total. The van der Waals surface area contributed by atoms with Crippen molar-refractivity contribution < 1.29 is 37.8 Å². The second-order valence-corrected chi connectivity index (χ2v) is 13.2. The Hall–Kier alpha value is -2.90. The number of furan rings is 1. The molecule has 1 aromatic rings. The molecular weight excluding hydrogens is 500 g/mol. The first kappa shape index (κ1) is 27.7. The average Bonchev–Trinajstić information content (AvgIpc) is 3.41. The minimum atomic E-state index is -0.877. The van der Waals surface area contributed by atoms with E-state index in [0.717, 1.165) is 29.6 Å². The van der Waals surface area contributed by atoms with Crippen LogP contribution in [0, 0.1) is 39.9 Å². The lowest BCUT2D eigenvalue weighted by molar-refractivity contribution is -0.200. The summed E-state index contributed by atoms with van der Waals surface area (Å²) in [4.78, 5) is 53.0. The van der Waals surface area contributed by atoms with E-state index in [9.17, 15) is 19.2 Å². The maximum atomic E-state index is 14.4. The van der Waals surface area contributed by atoms with Crippen LogP contribution in [0.5, 0.6) is 0 Å². The Morgan fingerprint density at radius 2 is 1.87 bits per heavy atom. The average molecular weight is 541 g/mol. The molecular formula is C31H40O8. The van der Waals surface area contributed by atoms with Gasteiger partial charge in [-0.1, -0.05) is 47.1 Å². The number of Topliss-reactive ketones (excluding diaryl/α,β-unsaturated/α-hetero) is 1. The highest BCUT2D eigenvalue weighted by Crippen LogP contribution is 2.68. The summed E-state index contributed by atoms with van der Waals surface area (Å²) in [5.74, 6) is -2.49. The molecule has 4 aliphatic rings. The summed E-state index contributed by atoms with van der Waals surface area (Å²) in [6.07, 6.45) is 4.11. The van der Waals surface area contributed by atoms with Crippen molar-refractivity contribution >= 4 is 23.7 Å². The van der Waals surface area contributed by atoms with Gasteiger partial charge in [0.25, 0.3) is 0 Å². The van der Waals surface area contributed by atoms with Crippen LogP contribution >= 0.6 is 0 Å². The Labute approximate surface area is 229 Å². The number of ketones is 1. The Balaban J connectivity index is 1.68. The third-order valence-electron chi connectivity index (χ3n) is 10.5. The lowest BCUT2D eigenvalue weighted by atomic mass is 9.40. The van der Waals surface area contributed by atoms with E-state index in [4.69, 9.17) is 18.6 Å². The van der Waals surface area contributed by atoms with Crippen LogP contribution < -0.4 is 0 Å². The maximum absolute atomic E-state index is 14.4. The smallest absolute Gasteiger partial charge is 0.310 e. The van der Waals surface area contributed by atoms with Gasteiger partial charge in [0.15, 0.2) is 0 Å². The molecule has 0 radical (unpaired) electrons. The highest BCUT2D eigenvalue weighted by Gasteiger charge is 2.68. The predicted molar refractivity (Wildman–Crippen MR) is 140 cm³/mol. The van der Waals surface area contributed by atoms with Gasteiger partial charge in [0.1, 0.15) is 18.0 Å². The second kappa shape index (κ2) is 9.34. The lowest BCUT2D eigenvalue weighted by Crippen LogP contribution is -2.66. The normalized spacial score (nSPS) is 37.1. The Morgan fingerprint density at radius 3 is 2.49 bits per heavy atom. The third-order valence-corrected chi connectivity index (χ3v) is 10.5. The van der Waals surface area contributed by atoms with Crippen LogP contribution in [0.1, 0.15) is 85.3 Å². The molecule has 212 valence electrons. The molecule has 0 N–H and O–H groups in total. The summed E-state index contributed by atoms with van der Waals surface area (Å²) in [6, 6.07) is 1.83. The summed E-state index contributed by atoms with van der Waals surface area (Å²) in [5, 5.41) is 0. The lowest BCUT2D eigenvalue weighted by Gasteiger charge is -2.63. The number of carbonyl (C=O) groups is 4.